The van der Waals surface area contributed by atoms with Gasteiger partial charge >= 0.3 is 6.18 Å². The van der Waals surface area contributed by atoms with Crippen molar-refractivity contribution in [1.82, 2.24) is 15.1 Å². The summed E-state index contributed by atoms with van der Waals surface area (Å²) in [5.74, 6) is -1.16. The van der Waals surface area contributed by atoms with Crippen LogP contribution in [0.3, 0.4) is 0 Å². The van der Waals surface area contributed by atoms with Gasteiger partial charge in [-0.2, -0.15) is 13.2 Å². The molecule has 0 unspecified atom stereocenters. The predicted octanol–water partition coefficient (Wildman–Crippen LogP) is 2.43. The van der Waals surface area contributed by atoms with E-state index >= 15 is 0 Å². The summed E-state index contributed by atoms with van der Waals surface area (Å²) < 4.78 is 45.1. The highest BCUT2D eigenvalue weighted by molar-refractivity contribution is 5.97. The molecule has 0 radical (unpaired) electrons. The molecule has 1 saturated heterocycles. The molecule has 0 bridgehead atoms. The molecule has 0 saturated carbocycles. The summed E-state index contributed by atoms with van der Waals surface area (Å²) in [5.41, 5.74) is -1.10. The van der Waals surface area contributed by atoms with Gasteiger partial charge in [-0.15, -0.1) is 0 Å². The minimum absolute atomic E-state index is 0.103. The fourth-order valence-electron chi connectivity index (χ4n) is 3.39. The van der Waals surface area contributed by atoms with Crippen molar-refractivity contribution in [2.75, 3.05) is 39.8 Å². The number of piperazine rings is 1. The van der Waals surface area contributed by atoms with Gasteiger partial charge in [-0.05, 0) is 24.3 Å². The zero-order valence-electron chi connectivity index (χ0n) is 17.3. The number of ether oxygens (including phenoxy) is 1. The van der Waals surface area contributed by atoms with Gasteiger partial charge in [-0.25, -0.2) is 0 Å². The lowest BCUT2D eigenvalue weighted by Gasteiger charge is -2.35. The quantitative estimate of drug-likeness (QED) is 0.761. The van der Waals surface area contributed by atoms with Crippen LogP contribution in [0.15, 0.2) is 48.5 Å². The Hall–Kier alpha value is -3.56. The molecule has 7 nitrogen and oxygen atoms in total. The lowest BCUT2D eigenvalue weighted by molar-refractivity contribution is -0.138. The van der Waals surface area contributed by atoms with Crippen molar-refractivity contribution < 1.29 is 32.3 Å². The van der Waals surface area contributed by atoms with Crippen molar-refractivity contribution in [3.8, 4) is 5.75 Å². The van der Waals surface area contributed by atoms with Gasteiger partial charge in [0, 0.05) is 33.2 Å². The summed E-state index contributed by atoms with van der Waals surface area (Å²) in [6.45, 7) is 0.231. The number of nitrogens with one attached hydrogen (secondary N) is 1. The maximum Gasteiger partial charge on any atom is 0.417 e. The van der Waals surface area contributed by atoms with E-state index in [4.69, 9.17) is 4.74 Å². The third-order valence-corrected chi connectivity index (χ3v) is 5.09. The van der Waals surface area contributed by atoms with E-state index in [-0.39, 0.29) is 50.3 Å². The second-order valence-corrected chi connectivity index (χ2v) is 7.08. The molecule has 0 spiro atoms. The van der Waals surface area contributed by atoms with Crippen molar-refractivity contribution in [1.29, 1.82) is 0 Å². The van der Waals surface area contributed by atoms with E-state index in [0.717, 1.165) is 12.1 Å². The average Bonchev–Trinajstić information content (AvgIpc) is 2.81. The lowest BCUT2D eigenvalue weighted by atomic mass is 10.1. The number of carbonyl (C=O) groups excluding carboxylic acids is 3. The van der Waals surface area contributed by atoms with Crippen molar-refractivity contribution in [2.45, 2.75) is 6.18 Å². The first kappa shape index (κ1) is 23.1. The van der Waals surface area contributed by atoms with Crippen LogP contribution in [0.25, 0.3) is 0 Å². The first-order valence-corrected chi connectivity index (χ1v) is 9.89. The molecule has 1 aliphatic heterocycles. The highest BCUT2D eigenvalue weighted by atomic mass is 19.4. The van der Waals surface area contributed by atoms with Crippen molar-refractivity contribution in [3.63, 3.8) is 0 Å². The lowest BCUT2D eigenvalue weighted by Crippen LogP contribution is -2.51. The summed E-state index contributed by atoms with van der Waals surface area (Å²) in [6.07, 6.45) is -4.63. The Morgan fingerprint density at radius 3 is 2.09 bits per heavy atom. The number of amides is 3. The predicted molar refractivity (Wildman–Crippen MR) is 109 cm³/mol. The second-order valence-electron chi connectivity index (χ2n) is 7.08. The fraction of sp³-hybridized carbons (Fsp3) is 0.318. The van der Waals surface area contributed by atoms with E-state index in [1.807, 2.05) is 0 Å². The number of rotatable bonds is 5. The molecule has 1 N–H and O–H groups in total. The van der Waals surface area contributed by atoms with Gasteiger partial charge in [-0.3, -0.25) is 14.4 Å². The van der Waals surface area contributed by atoms with Gasteiger partial charge in [0.15, 0.2) is 6.61 Å². The molecule has 3 amide bonds. The normalized spacial score (nSPS) is 14.1. The molecule has 1 aliphatic rings. The standard InChI is InChI=1S/C22H22F3N3O4/c1-26-20(30)16-7-3-5-9-18(16)32-14-19(29)27-10-12-28(13-11-27)21(31)15-6-2-4-8-17(15)22(23,24)25/h2-9H,10-14H2,1H3,(H,26,30). The average molecular weight is 449 g/mol. The largest absolute Gasteiger partial charge is 0.483 e. The van der Waals surface area contributed by atoms with Crippen LogP contribution in [0.5, 0.6) is 5.75 Å². The van der Waals surface area contributed by atoms with Crippen LogP contribution in [0.4, 0.5) is 13.2 Å². The number of hydrogen-bond donors (Lipinski definition) is 1. The number of hydrogen-bond acceptors (Lipinski definition) is 4. The minimum atomic E-state index is -4.63. The number of halogens is 3. The maximum absolute atomic E-state index is 13.2. The van der Waals surface area contributed by atoms with Crippen LogP contribution < -0.4 is 10.1 Å². The molecule has 0 aromatic heterocycles. The monoisotopic (exact) mass is 449 g/mol. The highest BCUT2D eigenvalue weighted by Gasteiger charge is 2.36. The van der Waals surface area contributed by atoms with Gasteiger partial charge in [0.25, 0.3) is 17.7 Å². The minimum Gasteiger partial charge on any atom is -0.483 e. The second kappa shape index (κ2) is 9.71. The van der Waals surface area contributed by atoms with Gasteiger partial charge in [0.1, 0.15) is 5.75 Å². The van der Waals surface area contributed by atoms with E-state index in [9.17, 15) is 27.6 Å². The number of para-hydroxylation sites is 1. The Morgan fingerprint density at radius 1 is 0.906 bits per heavy atom. The van der Waals surface area contributed by atoms with E-state index in [0.29, 0.717) is 5.56 Å². The van der Waals surface area contributed by atoms with Crippen LogP contribution in [0, 0.1) is 0 Å². The van der Waals surface area contributed by atoms with E-state index in [1.165, 1.54) is 29.0 Å². The van der Waals surface area contributed by atoms with Crippen LogP contribution in [-0.4, -0.2) is 67.4 Å². The van der Waals surface area contributed by atoms with Gasteiger partial charge < -0.3 is 19.9 Å². The van der Waals surface area contributed by atoms with Gasteiger partial charge in [0.2, 0.25) is 0 Å². The molecule has 2 aromatic rings. The number of nitrogens with zero attached hydrogens (tertiary/aromatic N) is 2. The summed E-state index contributed by atoms with van der Waals surface area (Å²) in [7, 11) is 1.48. The van der Waals surface area contributed by atoms with Crippen LogP contribution in [0.1, 0.15) is 26.3 Å². The first-order valence-electron chi connectivity index (χ1n) is 9.89. The highest BCUT2D eigenvalue weighted by Crippen LogP contribution is 2.32. The molecule has 3 rings (SSSR count). The van der Waals surface area contributed by atoms with Gasteiger partial charge in [-0.1, -0.05) is 24.3 Å². The molecule has 1 fully saturated rings. The maximum atomic E-state index is 13.2. The smallest absolute Gasteiger partial charge is 0.417 e. The Bertz CT molecular complexity index is 1000. The molecule has 1 heterocycles. The summed E-state index contributed by atoms with van der Waals surface area (Å²) in [4.78, 5) is 39.8. The van der Waals surface area contributed by atoms with E-state index in [2.05, 4.69) is 5.32 Å². The Kier molecular flexibility index (Phi) is 7.01. The molecule has 2 aromatic carbocycles. The van der Waals surface area contributed by atoms with E-state index < -0.39 is 23.2 Å². The SMILES string of the molecule is CNC(=O)c1ccccc1OCC(=O)N1CCN(C(=O)c2ccccc2C(F)(F)F)CC1. The van der Waals surface area contributed by atoms with Gasteiger partial charge in [0.05, 0.1) is 16.7 Å². The molecule has 10 heteroatoms. The molecule has 0 atom stereocenters. The third kappa shape index (κ3) is 5.19. The third-order valence-electron chi connectivity index (χ3n) is 5.09. The van der Waals surface area contributed by atoms with Crippen LogP contribution in [-0.2, 0) is 11.0 Å². The number of alkyl halides is 3. The van der Waals surface area contributed by atoms with Crippen LogP contribution >= 0.6 is 0 Å². The fourth-order valence-corrected chi connectivity index (χ4v) is 3.39. The summed E-state index contributed by atoms with van der Waals surface area (Å²) >= 11 is 0. The first-order chi connectivity index (χ1) is 15.2. The zero-order chi connectivity index (χ0) is 23.3. The van der Waals surface area contributed by atoms with Crippen molar-refractivity contribution in [2.24, 2.45) is 0 Å². The van der Waals surface area contributed by atoms with Crippen molar-refractivity contribution in [3.05, 3.63) is 65.2 Å². The summed E-state index contributed by atoms with van der Waals surface area (Å²) in [6, 6.07) is 11.1. The number of carbonyl (C=O) groups is 3. The Balaban J connectivity index is 1.58. The Morgan fingerprint density at radius 2 is 1.47 bits per heavy atom. The summed E-state index contributed by atoms with van der Waals surface area (Å²) in [5, 5.41) is 2.49. The molecule has 32 heavy (non-hydrogen) atoms. The van der Waals surface area contributed by atoms with Crippen molar-refractivity contribution >= 4 is 17.7 Å². The van der Waals surface area contributed by atoms with E-state index in [1.54, 1.807) is 24.3 Å². The Labute approximate surface area is 182 Å². The zero-order valence-corrected chi connectivity index (χ0v) is 17.3. The molecular weight excluding hydrogens is 427 g/mol. The molecule has 170 valence electrons. The molecular formula is C22H22F3N3O4. The molecule has 0 aliphatic carbocycles. The topological polar surface area (TPSA) is 79.0 Å². The number of benzene rings is 2. The van der Waals surface area contributed by atoms with Crippen LogP contribution in [0.2, 0.25) is 0 Å².